The third-order valence-corrected chi connectivity index (χ3v) is 8.72. The first-order valence-electron chi connectivity index (χ1n) is 12.5. The number of morpholine rings is 1. The van der Waals surface area contributed by atoms with E-state index in [1.807, 2.05) is 0 Å². The molecule has 0 amide bonds. The molecule has 1 spiro atoms. The van der Waals surface area contributed by atoms with Crippen molar-refractivity contribution in [3.05, 3.63) is 0 Å². The summed E-state index contributed by atoms with van der Waals surface area (Å²) in [6.07, 6.45) is 12.7. The van der Waals surface area contributed by atoms with E-state index < -0.39 is 0 Å². The van der Waals surface area contributed by atoms with Crippen molar-refractivity contribution in [2.24, 2.45) is 17.8 Å². The fraction of sp³-hybridized carbons (Fsp3) is 1.00. The molecule has 5 atom stereocenters. The van der Waals surface area contributed by atoms with E-state index in [2.05, 4.69) is 17.1 Å². The van der Waals surface area contributed by atoms with Crippen molar-refractivity contribution in [2.45, 2.75) is 88.5 Å². The second-order valence-electron chi connectivity index (χ2n) is 10.7. The highest BCUT2D eigenvalue weighted by Crippen LogP contribution is 2.41. The molecule has 5 nitrogen and oxygen atoms in total. The highest BCUT2D eigenvalue weighted by molar-refractivity contribution is 5.07. The Morgan fingerprint density at radius 1 is 0.966 bits per heavy atom. The Hall–Kier alpha value is -0.200. The van der Waals surface area contributed by atoms with Gasteiger partial charge in [0.1, 0.15) is 0 Å². The fourth-order valence-electron chi connectivity index (χ4n) is 7.07. The first kappa shape index (κ1) is 20.7. The maximum Gasteiger partial charge on any atom is 0.0665 e. The van der Waals surface area contributed by atoms with Gasteiger partial charge in [-0.1, -0.05) is 19.8 Å². The second kappa shape index (κ2) is 9.12. The first-order valence-corrected chi connectivity index (χ1v) is 12.5. The number of hydrogen-bond acceptors (Lipinski definition) is 5. The molecule has 29 heavy (non-hydrogen) atoms. The number of rotatable bonds is 0. The predicted octanol–water partition coefficient (Wildman–Crippen LogP) is 3.22. The van der Waals surface area contributed by atoms with E-state index in [1.165, 1.54) is 57.8 Å². The summed E-state index contributed by atoms with van der Waals surface area (Å²) in [6, 6.07) is 0.424. The molecule has 6 fully saturated rings. The molecule has 6 aliphatic rings. The highest BCUT2D eigenvalue weighted by atomic mass is 16.5. The molecule has 0 aromatic rings. The van der Waals surface area contributed by atoms with Crippen LogP contribution in [0, 0.1) is 17.8 Å². The monoisotopic (exact) mass is 406 g/mol. The molecule has 0 radical (unpaired) electrons. The average molecular weight is 407 g/mol. The van der Waals surface area contributed by atoms with Crippen LogP contribution in [0.25, 0.3) is 0 Å². The summed E-state index contributed by atoms with van der Waals surface area (Å²) in [6.45, 7) is 9.05. The Morgan fingerprint density at radius 2 is 1.83 bits per heavy atom. The topological polar surface area (TPSA) is 43.0 Å². The van der Waals surface area contributed by atoms with Gasteiger partial charge in [0.2, 0.25) is 0 Å². The van der Waals surface area contributed by atoms with Crippen molar-refractivity contribution in [2.75, 3.05) is 46.1 Å². The van der Waals surface area contributed by atoms with Crippen molar-refractivity contribution in [1.29, 1.82) is 0 Å². The minimum absolute atomic E-state index is 0.0849. The Labute approximate surface area is 177 Å². The first-order chi connectivity index (χ1) is 14.2. The van der Waals surface area contributed by atoms with Crippen LogP contribution in [0.15, 0.2) is 0 Å². The van der Waals surface area contributed by atoms with E-state index in [4.69, 9.17) is 14.2 Å². The van der Waals surface area contributed by atoms with E-state index in [-0.39, 0.29) is 5.54 Å². The Balaban J connectivity index is 1.32. The van der Waals surface area contributed by atoms with E-state index in [1.54, 1.807) is 0 Å². The van der Waals surface area contributed by atoms with Crippen LogP contribution in [0.2, 0.25) is 0 Å². The van der Waals surface area contributed by atoms with Crippen LogP contribution in [0.5, 0.6) is 0 Å². The zero-order valence-electron chi connectivity index (χ0n) is 18.4. The third kappa shape index (κ3) is 4.41. The van der Waals surface area contributed by atoms with Crippen LogP contribution in [-0.4, -0.2) is 74.8 Å². The van der Waals surface area contributed by atoms with Crippen molar-refractivity contribution >= 4 is 0 Å². The zero-order valence-corrected chi connectivity index (χ0v) is 18.4. The molecule has 4 aliphatic heterocycles. The molecule has 2 bridgehead atoms. The minimum atomic E-state index is 0.0849. The molecule has 1 N–H and O–H groups in total. The van der Waals surface area contributed by atoms with Gasteiger partial charge in [-0.25, -0.2) is 0 Å². The summed E-state index contributed by atoms with van der Waals surface area (Å²) >= 11 is 0. The summed E-state index contributed by atoms with van der Waals surface area (Å²) in [7, 11) is 0. The summed E-state index contributed by atoms with van der Waals surface area (Å²) in [5.41, 5.74) is 0.0849. The van der Waals surface area contributed by atoms with Crippen molar-refractivity contribution in [3.63, 3.8) is 0 Å². The summed E-state index contributed by atoms with van der Waals surface area (Å²) in [5, 5.41) is 3.85. The average Bonchev–Trinajstić information content (AvgIpc) is 3.07. The van der Waals surface area contributed by atoms with Crippen molar-refractivity contribution < 1.29 is 14.2 Å². The minimum Gasteiger partial charge on any atom is -0.378 e. The van der Waals surface area contributed by atoms with Gasteiger partial charge >= 0.3 is 0 Å². The number of fused-ring (bicyclic) bond motifs is 6. The van der Waals surface area contributed by atoms with Crippen LogP contribution in [0.1, 0.15) is 64.7 Å². The van der Waals surface area contributed by atoms with E-state index in [0.29, 0.717) is 24.2 Å². The molecule has 0 aromatic carbocycles. The fourth-order valence-corrected chi connectivity index (χ4v) is 7.07. The Morgan fingerprint density at radius 3 is 2.66 bits per heavy atom. The molecule has 4 heterocycles. The van der Waals surface area contributed by atoms with Gasteiger partial charge in [-0.05, 0) is 62.7 Å². The molecule has 4 saturated heterocycles. The number of ether oxygens (including phenoxy) is 3. The van der Waals surface area contributed by atoms with Crippen LogP contribution in [0.3, 0.4) is 0 Å². The quantitative estimate of drug-likeness (QED) is 0.669. The van der Waals surface area contributed by atoms with Gasteiger partial charge < -0.3 is 19.5 Å². The van der Waals surface area contributed by atoms with Gasteiger partial charge in [-0.2, -0.15) is 0 Å². The SMILES string of the molecule is C[C@@H]1COC2CCCCC2C2CCC(CC2)OC[C@H]2N(CC[C@]23COCCN3)C1. The van der Waals surface area contributed by atoms with E-state index in [9.17, 15) is 0 Å². The smallest absolute Gasteiger partial charge is 0.0665 e. The lowest BCUT2D eigenvalue weighted by Crippen LogP contribution is -2.63. The number of nitrogens with one attached hydrogen (secondary N) is 1. The van der Waals surface area contributed by atoms with Gasteiger partial charge in [0.15, 0.2) is 0 Å². The second-order valence-corrected chi connectivity index (χ2v) is 10.7. The van der Waals surface area contributed by atoms with Crippen LogP contribution in [0.4, 0.5) is 0 Å². The summed E-state index contributed by atoms with van der Waals surface area (Å²) in [4.78, 5) is 2.69. The molecule has 5 heteroatoms. The van der Waals surface area contributed by atoms with Gasteiger partial charge in [0, 0.05) is 19.6 Å². The molecule has 2 saturated carbocycles. The largest absolute Gasteiger partial charge is 0.378 e. The van der Waals surface area contributed by atoms with Gasteiger partial charge in [0.25, 0.3) is 0 Å². The lowest BCUT2D eigenvalue weighted by molar-refractivity contribution is -0.0824. The van der Waals surface area contributed by atoms with Crippen LogP contribution >= 0.6 is 0 Å². The maximum atomic E-state index is 6.64. The molecule has 166 valence electrons. The Bertz CT molecular complexity index is 530. The lowest BCUT2D eigenvalue weighted by atomic mass is 9.71. The molecular formula is C24H42N2O3. The summed E-state index contributed by atoms with van der Waals surface area (Å²) < 4.78 is 19.2. The zero-order chi connectivity index (χ0) is 19.7. The molecule has 2 aliphatic carbocycles. The van der Waals surface area contributed by atoms with Gasteiger partial charge in [-0.15, -0.1) is 0 Å². The lowest BCUT2D eigenvalue weighted by Gasteiger charge is -2.44. The highest BCUT2D eigenvalue weighted by Gasteiger charge is 2.49. The maximum absolute atomic E-state index is 6.64. The van der Waals surface area contributed by atoms with Crippen molar-refractivity contribution in [3.8, 4) is 0 Å². The number of hydrogen-bond donors (Lipinski definition) is 1. The van der Waals surface area contributed by atoms with Crippen LogP contribution < -0.4 is 5.32 Å². The molecule has 6 rings (SSSR count). The normalized spacial score (nSPS) is 47.5. The molecule has 0 aromatic heterocycles. The van der Waals surface area contributed by atoms with Gasteiger partial charge in [0.05, 0.1) is 50.2 Å². The van der Waals surface area contributed by atoms with E-state index >= 15 is 0 Å². The predicted molar refractivity (Wildman–Crippen MR) is 114 cm³/mol. The summed E-state index contributed by atoms with van der Waals surface area (Å²) in [5.74, 6) is 2.23. The third-order valence-electron chi connectivity index (χ3n) is 8.72. The van der Waals surface area contributed by atoms with Crippen molar-refractivity contribution in [1.82, 2.24) is 10.2 Å². The number of nitrogens with zero attached hydrogens (tertiary/aromatic N) is 1. The molecule has 2 unspecified atom stereocenters. The van der Waals surface area contributed by atoms with Crippen LogP contribution in [-0.2, 0) is 14.2 Å². The van der Waals surface area contributed by atoms with Gasteiger partial charge in [-0.3, -0.25) is 4.90 Å². The standard InChI is InChI=1S/C24H42N2O3/c1-18-14-26-12-10-24(17-27-13-11-25-24)23(26)16-28-20-8-6-19(7-9-20)21-4-2-3-5-22(21)29-15-18/h18-23,25H,2-17H2,1H3/t18-,19?,20?,21?,22?,23+,24-/m0/s1. The Kier molecular flexibility index (Phi) is 6.50. The molecular weight excluding hydrogens is 364 g/mol. The van der Waals surface area contributed by atoms with E-state index in [0.717, 1.165) is 57.9 Å².